The maximum atomic E-state index is 11.7. The van der Waals surface area contributed by atoms with E-state index < -0.39 is 0 Å². The van der Waals surface area contributed by atoms with Gasteiger partial charge in [0.15, 0.2) is 0 Å². The summed E-state index contributed by atoms with van der Waals surface area (Å²) in [6.45, 7) is 2.16. The molecule has 5 heteroatoms. The molecule has 5 nitrogen and oxygen atoms in total. The van der Waals surface area contributed by atoms with Crippen LogP contribution in [0.25, 0.3) is 0 Å². The molecular weight excluding hydrogens is 220 g/mol. The minimum Gasteiger partial charge on any atom is -0.385 e. The molecule has 0 atom stereocenters. The molecule has 1 fully saturated rings. The van der Waals surface area contributed by atoms with Crippen molar-refractivity contribution in [3.63, 3.8) is 0 Å². The SMILES string of the molecule is COCCCNC(=O)CN1CCCCCC1=O. The molecule has 0 aliphatic carbocycles. The molecular formula is C12H22N2O3. The number of hydrogen-bond acceptors (Lipinski definition) is 3. The Morgan fingerprint density at radius 1 is 1.41 bits per heavy atom. The van der Waals surface area contributed by atoms with E-state index in [1.165, 1.54) is 0 Å². The van der Waals surface area contributed by atoms with Crippen LogP contribution in [0, 0.1) is 0 Å². The lowest BCUT2D eigenvalue weighted by molar-refractivity contribution is -0.135. The van der Waals surface area contributed by atoms with E-state index in [-0.39, 0.29) is 18.4 Å². The van der Waals surface area contributed by atoms with E-state index in [4.69, 9.17) is 4.74 Å². The molecule has 98 valence electrons. The van der Waals surface area contributed by atoms with E-state index in [0.717, 1.165) is 25.7 Å². The quantitative estimate of drug-likeness (QED) is 0.692. The van der Waals surface area contributed by atoms with Gasteiger partial charge in [0.2, 0.25) is 11.8 Å². The van der Waals surface area contributed by atoms with Gasteiger partial charge in [-0.05, 0) is 19.3 Å². The Balaban J connectivity index is 2.21. The highest BCUT2D eigenvalue weighted by Crippen LogP contribution is 2.10. The maximum Gasteiger partial charge on any atom is 0.239 e. The van der Waals surface area contributed by atoms with Crippen molar-refractivity contribution in [3.8, 4) is 0 Å². The second-order valence-corrected chi connectivity index (χ2v) is 4.32. The standard InChI is InChI=1S/C12H22N2O3/c1-17-9-5-7-13-11(15)10-14-8-4-2-3-6-12(14)16/h2-10H2,1H3,(H,13,15). The van der Waals surface area contributed by atoms with E-state index in [0.29, 0.717) is 26.1 Å². The number of nitrogens with one attached hydrogen (secondary N) is 1. The summed E-state index contributed by atoms with van der Waals surface area (Å²) in [4.78, 5) is 24.9. The van der Waals surface area contributed by atoms with Gasteiger partial charge in [0.25, 0.3) is 0 Å². The smallest absolute Gasteiger partial charge is 0.239 e. The van der Waals surface area contributed by atoms with Crippen LogP contribution in [-0.4, -0.2) is 50.1 Å². The Morgan fingerprint density at radius 2 is 2.24 bits per heavy atom. The summed E-state index contributed by atoms with van der Waals surface area (Å²) >= 11 is 0. The molecule has 0 unspecified atom stereocenters. The van der Waals surface area contributed by atoms with E-state index in [2.05, 4.69) is 5.32 Å². The molecule has 1 rings (SSSR count). The number of likely N-dealkylation sites (tertiary alicyclic amines) is 1. The van der Waals surface area contributed by atoms with Crippen LogP contribution in [0.15, 0.2) is 0 Å². The predicted octanol–water partition coefficient (Wildman–Crippen LogP) is 0.542. The predicted molar refractivity (Wildman–Crippen MR) is 64.6 cm³/mol. The second-order valence-electron chi connectivity index (χ2n) is 4.32. The van der Waals surface area contributed by atoms with Crippen molar-refractivity contribution in [1.82, 2.24) is 10.2 Å². The van der Waals surface area contributed by atoms with Crippen molar-refractivity contribution >= 4 is 11.8 Å². The van der Waals surface area contributed by atoms with Gasteiger partial charge in [-0.25, -0.2) is 0 Å². The molecule has 0 saturated carbocycles. The third-order valence-electron chi connectivity index (χ3n) is 2.85. The average Bonchev–Trinajstić information content (AvgIpc) is 2.51. The lowest BCUT2D eigenvalue weighted by atomic mass is 10.2. The Bertz CT molecular complexity index is 256. The number of carbonyl (C=O) groups excluding carboxylic acids is 2. The van der Waals surface area contributed by atoms with Crippen LogP contribution in [0.1, 0.15) is 32.1 Å². The fourth-order valence-corrected chi connectivity index (χ4v) is 1.88. The number of hydrogen-bond donors (Lipinski definition) is 1. The van der Waals surface area contributed by atoms with E-state index in [1.807, 2.05) is 0 Å². The van der Waals surface area contributed by atoms with Crippen molar-refractivity contribution in [1.29, 1.82) is 0 Å². The van der Waals surface area contributed by atoms with Crippen molar-refractivity contribution in [2.45, 2.75) is 32.1 Å². The normalized spacial score (nSPS) is 16.8. The van der Waals surface area contributed by atoms with Crippen LogP contribution in [0.5, 0.6) is 0 Å². The van der Waals surface area contributed by atoms with Gasteiger partial charge in [-0.2, -0.15) is 0 Å². The van der Waals surface area contributed by atoms with Crippen molar-refractivity contribution < 1.29 is 14.3 Å². The van der Waals surface area contributed by atoms with E-state index in [1.54, 1.807) is 12.0 Å². The fourth-order valence-electron chi connectivity index (χ4n) is 1.88. The largest absolute Gasteiger partial charge is 0.385 e. The van der Waals surface area contributed by atoms with Gasteiger partial charge in [0.05, 0.1) is 6.54 Å². The van der Waals surface area contributed by atoms with Crippen LogP contribution < -0.4 is 5.32 Å². The van der Waals surface area contributed by atoms with Crippen molar-refractivity contribution in [2.75, 3.05) is 33.4 Å². The molecule has 0 spiro atoms. The zero-order valence-electron chi connectivity index (χ0n) is 10.5. The third-order valence-corrected chi connectivity index (χ3v) is 2.85. The molecule has 1 N–H and O–H groups in total. The molecule has 1 aliphatic rings. The summed E-state index contributed by atoms with van der Waals surface area (Å²) in [6, 6.07) is 0. The number of amides is 2. The molecule has 0 aromatic rings. The minimum atomic E-state index is -0.0728. The highest BCUT2D eigenvalue weighted by Gasteiger charge is 2.18. The Morgan fingerprint density at radius 3 is 3.00 bits per heavy atom. The van der Waals surface area contributed by atoms with Gasteiger partial charge in [0.1, 0.15) is 0 Å². The summed E-state index contributed by atoms with van der Waals surface area (Å²) in [6.07, 6.45) is 4.42. The van der Waals surface area contributed by atoms with Crippen LogP contribution in [0.4, 0.5) is 0 Å². The molecule has 17 heavy (non-hydrogen) atoms. The molecule has 0 aromatic carbocycles. The first-order valence-electron chi connectivity index (χ1n) is 6.27. The van der Waals surface area contributed by atoms with Gasteiger partial charge in [-0.15, -0.1) is 0 Å². The average molecular weight is 242 g/mol. The molecule has 1 aliphatic heterocycles. The summed E-state index contributed by atoms with van der Waals surface area (Å²) in [5.41, 5.74) is 0. The highest BCUT2D eigenvalue weighted by atomic mass is 16.5. The summed E-state index contributed by atoms with van der Waals surface area (Å²) in [7, 11) is 1.64. The third kappa shape index (κ3) is 5.68. The van der Waals surface area contributed by atoms with E-state index in [9.17, 15) is 9.59 Å². The topological polar surface area (TPSA) is 58.6 Å². The number of ether oxygens (including phenoxy) is 1. The zero-order chi connectivity index (χ0) is 12.5. The molecule has 0 radical (unpaired) electrons. The van der Waals surface area contributed by atoms with Crippen LogP contribution in [0.2, 0.25) is 0 Å². The fraction of sp³-hybridized carbons (Fsp3) is 0.833. The Hall–Kier alpha value is -1.10. The highest BCUT2D eigenvalue weighted by molar-refractivity contribution is 5.84. The summed E-state index contributed by atoms with van der Waals surface area (Å²) in [5.74, 6) is 0.0332. The maximum absolute atomic E-state index is 11.7. The van der Waals surface area contributed by atoms with Crippen LogP contribution in [0.3, 0.4) is 0 Å². The first kappa shape index (κ1) is 14.0. The number of methoxy groups -OCH3 is 1. The molecule has 2 amide bonds. The van der Waals surface area contributed by atoms with Gasteiger partial charge in [-0.3, -0.25) is 9.59 Å². The first-order valence-corrected chi connectivity index (χ1v) is 6.27. The lowest BCUT2D eigenvalue weighted by Crippen LogP contribution is -2.40. The minimum absolute atomic E-state index is 0.0728. The van der Waals surface area contributed by atoms with Gasteiger partial charge < -0.3 is 15.0 Å². The lowest BCUT2D eigenvalue weighted by Gasteiger charge is -2.19. The van der Waals surface area contributed by atoms with Crippen LogP contribution >= 0.6 is 0 Å². The van der Waals surface area contributed by atoms with Gasteiger partial charge in [0, 0.05) is 33.2 Å². The van der Waals surface area contributed by atoms with Crippen molar-refractivity contribution in [2.24, 2.45) is 0 Å². The molecule has 0 aromatic heterocycles. The number of carbonyl (C=O) groups is 2. The monoisotopic (exact) mass is 242 g/mol. The second kappa shape index (κ2) is 8.06. The van der Waals surface area contributed by atoms with E-state index >= 15 is 0 Å². The Kier molecular flexibility index (Phi) is 6.62. The van der Waals surface area contributed by atoms with Crippen LogP contribution in [-0.2, 0) is 14.3 Å². The van der Waals surface area contributed by atoms with Gasteiger partial charge >= 0.3 is 0 Å². The summed E-state index contributed by atoms with van der Waals surface area (Å²) < 4.78 is 4.89. The Labute approximate surface area is 102 Å². The molecule has 1 heterocycles. The molecule has 0 bridgehead atoms. The van der Waals surface area contributed by atoms with Gasteiger partial charge in [-0.1, -0.05) is 6.42 Å². The summed E-state index contributed by atoms with van der Waals surface area (Å²) in [5, 5.41) is 2.79. The molecule has 1 saturated heterocycles. The van der Waals surface area contributed by atoms with Crippen molar-refractivity contribution in [3.05, 3.63) is 0 Å². The number of rotatable bonds is 6. The first-order chi connectivity index (χ1) is 8.24. The number of nitrogens with zero attached hydrogens (tertiary/aromatic N) is 1. The zero-order valence-corrected chi connectivity index (χ0v) is 10.5.